The predicted molar refractivity (Wildman–Crippen MR) is 122 cm³/mol. The molecule has 1 heterocycles. The van der Waals surface area contributed by atoms with Crippen LogP contribution in [-0.2, 0) is 0 Å². The highest BCUT2D eigenvalue weighted by molar-refractivity contribution is 5.94. The topological polar surface area (TPSA) is 70.2 Å². The van der Waals surface area contributed by atoms with Gasteiger partial charge >= 0.3 is 0 Å². The summed E-state index contributed by atoms with van der Waals surface area (Å²) >= 11 is 0. The van der Waals surface area contributed by atoms with Crippen molar-refractivity contribution in [1.82, 2.24) is 15.3 Å². The standard InChI is InChI=1S/C24H28FN5O/c1-30(2)22-19-8-4-6-10-21(19)28-24(29-22)27-17-13-11-16(12-14-17)15-26-23(31)18-7-3-5-9-20(18)25/h3-10,16-17H,11-15H2,1-2H3,(H,26,31)(H,27,28,29). The minimum atomic E-state index is -0.486. The summed E-state index contributed by atoms with van der Waals surface area (Å²) in [5.41, 5.74) is 1.02. The van der Waals surface area contributed by atoms with Gasteiger partial charge < -0.3 is 15.5 Å². The molecule has 7 heteroatoms. The summed E-state index contributed by atoms with van der Waals surface area (Å²) in [6.45, 7) is 0.567. The van der Waals surface area contributed by atoms with E-state index in [9.17, 15) is 9.18 Å². The molecule has 0 radical (unpaired) electrons. The molecule has 1 fully saturated rings. The maximum absolute atomic E-state index is 13.8. The summed E-state index contributed by atoms with van der Waals surface area (Å²) in [6, 6.07) is 14.4. The van der Waals surface area contributed by atoms with Crippen LogP contribution < -0.4 is 15.5 Å². The number of carbonyl (C=O) groups excluding carboxylic acids is 1. The molecule has 3 aromatic rings. The summed E-state index contributed by atoms with van der Waals surface area (Å²) in [4.78, 5) is 23.6. The number of para-hydroxylation sites is 1. The largest absolute Gasteiger partial charge is 0.362 e. The van der Waals surface area contributed by atoms with Gasteiger partial charge in [-0.1, -0.05) is 24.3 Å². The van der Waals surface area contributed by atoms with Crippen molar-refractivity contribution in [2.45, 2.75) is 31.7 Å². The van der Waals surface area contributed by atoms with Crippen molar-refractivity contribution >= 4 is 28.6 Å². The SMILES string of the molecule is CN(C)c1nc(NC2CCC(CNC(=O)c3ccccc3F)CC2)nc2ccccc12. The Morgan fingerprint density at radius 2 is 1.74 bits per heavy atom. The Morgan fingerprint density at radius 3 is 2.48 bits per heavy atom. The highest BCUT2D eigenvalue weighted by atomic mass is 19.1. The van der Waals surface area contributed by atoms with E-state index in [0.717, 1.165) is 42.4 Å². The van der Waals surface area contributed by atoms with Gasteiger partial charge in [0.15, 0.2) is 0 Å². The fraction of sp³-hybridized carbons (Fsp3) is 0.375. The van der Waals surface area contributed by atoms with Crippen molar-refractivity contribution in [3.05, 3.63) is 59.9 Å². The Bertz CT molecular complexity index is 1060. The molecule has 0 spiro atoms. The molecule has 162 valence electrons. The van der Waals surface area contributed by atoms with Crippen LogP contribution in [0.2, 0.25) is 0 Å². The number of nitrogens with one attached hydrogen (secondary N) is 2. The highest BCUT2D eigenvalue weighted by Gasteiger charge is 2.23. The quantitative estimate of drug-likeness (QED) is 0.623. The van der Waals surface area contributed by atoms with E-state index in [1.165, 1.54) is 12.1 Å². The third-order valence-corrected chi connectivity index (χ3v) is 5.86. The van der Waals surface area contributed by atoms with Gasteiger partial charge in [-0.25, -0.2) is 9.37 Å². The van der Waals surface area contributed by atoms with E-state index in [4.69, 9.17) is 9.97 Å². The number of hydrogen-bond acceptors (Lipinski definition) is 5. The Kier molecular flexibility index (Phi) is 6.30. The normalized spacial score (nSPS) is 18.5. The summed E-state index contributed by atoms with van der Waals surface area (Å²) < 4.78 is 13.8. The Balaban J connectivity index is 1.32. The van der Waals surface area contributed by atoms with E-state index in [0.29, 0.717) is 24.5 Å². The number of carbonyl (C=O) groups is 1. The second-order valence-electron chi connectivity index (χ2n) is 8.33. The molecule has 1 aliphatic rings. The zero-order valence-electron chi connectivity index (χ0n) is 17.9. The molecule has 0 saturated heterocycles. The Morgan fingerprint density at radius 1 is 1.03 bits per heavy atom. The molecule has 0 unspecified atom stereocenters. The smallest absolute Gasteiger partial charge is 0.254 e. The van der Waals surface area contributed by atoms with Crippen molar-refractivity contribution in [3.8, 4) is 0 Å². The fourth-order valence-corrected chi connectivity index (χ4v) is 4.14. The third-order valence-electron chi connectivity index (χ3n) is 5.86. The molecular formula is C24H28FN5O. The number of benzene rings is 2. The molecule has 1 saturated carbocycles. The van der Waals surface area contributed by atoms with E-state index < -0.39 is 5.82 Å². The number of anilines is 2. The van der Waals surface area contributed by atoms with Gasteiger partial charge in [0.1, 0.15) is 11.6 Å². The van der Waals surface area contributed by atoms with E-state index in [-0.39, 0.29) is 11.5 Å². The molecule has 0 atom stereocenters. The molecule has 2 aromatic carbocycles. The van der Waals surface area contributed by atoms with Crippen molar-refractivity contribution in [2.75, 3.05) is 30.9 Å². The molecule has 1 aromatic heterocycles. The first-order chi connectivity index (χ1) is 15.0. The van der Waals surface area contributed by atoms with E-state index in [1.54, 1.807) is 12.1 Å². The molecule has 0 aliphatic heterocycles. The first-order valence-corrected chi connectivity index (χ1v) is 10.7. The predicted octanol–water partition coefficient (Wildman–Crippen LogP) is 4.24. The molecule has 0 bridgehead atoms. The van der Waals surface area contributed by atoms with Crippen LogP contribution in [0.4, 0.5) is 16.2 Å². The lowest BCUT2D eigenvalue weighted by Gasteiger charge is -2.29. The monoisotopic (exact) mass is 421 g/mol. The summed E-state index contributed by atoms with van der Waals surface area (Å²) in [5, 5.41) is 7.42. The fourth-order valence-electron chi connectivity index (χ4n) is 4.14. The van der Waals surface area contributed by atoms with Gasteiger partial charge in [-0.2, -0.15) is 4.98 Å². The van der Waals surface area contributed by atoms with Crippen LogP contribution >= 0.6 is 0 Å². The summed E-state index contributed by atoms with van der Waals surface area (Å²) in [7, 11) is 3.97. The minimum absolute atomic E-state index is 0.100. The van der Waals surface area contributed by atoms with Crippen LogP contribution in [0, 0.1) is 11.7 Å². The van der Waals surface area contributed by atoms with Gasteiger partial charge in [0.2, 0.25) is 5.95 Å². The van der Waals surface area contributed by atoms with E-state index in [2.05, 4.69) is 10.6 Å². The Hall–Kier alpha value is -3.22. The van der Waals surface area contributed by atoms with E-state index >= 15 is 0 Å². The number of rotatable bonds is 6. The van der Waals surface area contributed by atoms with Crippen molar-refractivity contribution in [2.24, 2.45) is 5.92 Å². The zero-order chi connectivity index (χ0) is 21.8. The van der Waals surface area contributed by atoms with Crippen LogP contribution in [0.15, 0.2) is 48.5 Å². The lowest BCUT2D eigenvalue weighted by molar-refractivity contribution is 0.0939. The number of amides is 1. The highest BCUT2D eigenvalue weighted by Crippen LogP contribution is 2.28. The van der Waals surface area contributed by atoms with Gasteiger partial charge in [-0.15, -0.1) is 0 Å². The van der Waals surface area contributed by atoms with Crippen molar-refractivity contribution < 1.29 is 9.18 Å². The number of fused-ring (bicyclic) bond motifs is 1. The molecule has 1 aliphatic carbocycles. The number of aromatic nitrogens is 2. The number of nitrogens with zero attached hydrogens (tertiary/aromatic N) is 3. The second kappa shape index (κ2) is 9.29. The van der Waals surface area contributed by atoms with Gasteiger partial charge in [0.05, 0.1) is 11.1 Å². The second-order valence-corrected chi connectivity index (χ2v) is 8.33. The van der Waals surface area contributed by atoms with Crippen molar-refractivity contribution in [1.29, 1.82) is 0 Å². The van der Waals surface area contributed by atoms with Gasteiger partial charge in [-0.05, 0) is 55.9 Å². The van der Waals surface area contributed by atoms with Crippen LogP contribution in [0.1, 0.15) is 36.0 Å². The maximum Gasteiger partial charge on any atom is 0.254 e. The lowest BCUT2D eigenvalue weighted by Crippen LogP contribution is -2.34. The van der Waals surface area contributed by atoms with Crippen molar-refractivity contribution in [3.63, 3.8) is 0 Å². The lowest BCUT2D eigenvalue weighted by atomic mass is 9.86. The zero-order valence-corrected chi connectivity index (χ0v) is 17.9. The summed E-state index contributed by atoms with van der Waals surface area (Å²) in [5.74, 6) is 1.11. The van der Waals surface area contributed by atoms with Gasteiger partial charge in [0.25, 0.3) is 5.91 Å². The Labute approximate surface area is 181 Å². The number of hydrogen-bond donors (Lipinski definition) is 2. The summed E-state index contributed by atoms with van der Waals surface area (Å²) in [6.07, 6.45) is 3.94. The third kappa shape index (κ3) is 4.93. The van der Waals surface area contributed by atoms with Crippen LogP contribution in [0.5, 0.6) is 0 Å². The maximum atomic E-state index is 13.8. The average Bonchev–Trinajstić information content (AvgIpc) is 2.78. The number of halogens is 1. The minimum Gasteiger partial charge on any atom is -0.362 e. The molecule has 4 rings (SSSR count). The first kappa shape index (κ1) is 21.0. The molecule has 1 amide bonds. The molecule has 31 heavy (non-hydrogen) atoms. The van der Waals surface area contributed by atoms with E-state index in [1.807, 2.05) is 43.3 Å². The van der Waals surface area contributed by atoms with Gasteiger partial charge in [0, 0.05) is 32.1 Å². The molecule has 6 nitrogen and oxygen atoms in total. The van der Waals surface area contributed by atoms with Crippen LogP contribution in [0.25, 0.3) is 10.9 Å². The molecule has 2 N–H and O–H groups in total. The first-order valence-electron chi connectivity index (χ1n) is 10.7. The van der Waals surface area contributed by atoms with Crippen LogP contribution in [0.3, 0.4) is 0 Å². The van der Waals surface area contributed by atoms with Gasteiger partial charge in [-0.3, -0.25) is 4.79 Å². The van der Waals surface area contributed by atoms with Crippen LogP contribution in [-0.4, -0.2) is 42.6 Å². The molecular weight excluding hydrogens is 393 g/mol. The average molecular weight is 422 g/mol.